The van der Waals surface area contributed by atoms with E-state index in [-0.39, 0.29) is 5.69 Å². The Labute approximate surface area is 128 Å². The van der Waals surface area contributed by atoms with Gasteiger partial charge >= 0.3 is 0 Å². The lowest BCUT2D eigenvalue weighted by Crippen LogP contribution is -2.30. The number of anilines is 1. The van der Waals surface area contributed by atoms with Gasteiger partial charge < -0.3 is 10.1 Å². The Bertz CT molecular complexity index is 738. The van der Waals surface area contributed by atoms with Crippen molar-refractivity contribution in [3.63, 3.8) is 0 Å². The van der Waals surface area contributed by atoms with Gasteiger partial charge in [0.15, 0.2) is 6.10 Å². The van der Waals surface area contributed by atoms with Crippen molar-refractivity contribution in [2.75, 3.05) is 5.32 Å². The molecule has 0 spiro atoms. The van der Waals surface area contributed by atoms with E-state index < -0.39 is 17.8 Å². The molecule has 5 heteroatoms. The third-order valence-corrected chi connectivity index (χ3v) is 3.06. The summed E-state index contributed by atoms with van der Waals surface area (Å²) in [6.07, 6.45) is -0.866. The number of ether oxygens (including phenoxy) is 1. The van der Waals surface area contributed by atoms with Crippen LogP contribution in [0, 0.1) is 24.1 Å². The smallest absolute Gasteiger partial charge is 0.265 e. The number of nitrogens with zero attached hydrogens (tertiary/aromatic N) is 1. The van der Waals surface area contributed by atoms with Crippen LogP contribution in [0.2, 0.25) is 0 Å². The molecule has 112 valence electrons. The Morgan fingerprint density at radius 1 is 1.32 bits per heavy atom. The summed E-state index contributed by atoms with van der Waals surface area (Å²) in [5.74, 6) is -0.682. The van der Waals surface area contributed by atoms with Crippen LogP contribution in [-0.4, -0.2) is 12.0 Å². The molecule has 2 aromatic rings. The molecule has 2 rings (SSSR count). The highest BCUT2D eigenvalue weighted by atomic mass is 19.1. The van der Waals surface area contributed by atoms with Crippen LogP contribution in [0.25, 0.3) is 0 Å². The number of carbonyl (C=O) groups is 1. The molecule has 0 saturated carbocycles. The van der Waals surface area contributed by atoms with E-state index in [2.05, 4.69) is 5.32 Å². The van der Waals surface area contributed by atoms with Gasteiger partial charge in [-0.3, -0.25) is 4.79 Å². The first-order valence-electron chi connectivity index (χ1n) is 6.74. The van der Waals surface area contributed by atoms with Crippen LogP contribution in [-0.2, 0) is 4.79 Å². The Kier molecular flexibility index (Phi) is 4.74. The number of carbonyl (C=O) groups excluding carboxylic acids is 1. The first-order valence-corrected chi connectivity index (χ1v) is 6.74. The number of rotatable bonds is 4. The molecule has 1 N–H and O–H groups in total. The number of aryl methyl sites for hydroxylation is 1. The maximum Gasteiger partial charge on any atom is 0.265 e. The van der Waals surface area contributed by atoms with Gasteiger partial charge in [0.25, 0.3) is 5.91 Å². The molecule has 1 amide bonds. The topological polar surface area (TPSA) is 62.1 Å². The second-order valence-electron chi connectivity index (χ2n) is 4.84. The van der Waals surface area contributed by atoms with Crippen molar-refractivity contribution in [1.82, 2.24) is 0 Å². The van der Waals surface area contributed by atoms with Crippen molar-refractivity contribution >= 4 is 11.6 Å². The van der Waals surface area contributed by atoms with E-state index >= 15 is 0 Å². The highest BCUT2D eigenvalue weighted by Crippen LogP contribution is 2.20. The first-order chi connectivity index (χ1) is 10.5. The van der Waals surface area contributed by atoms with Crippen LogP contribution in [0.15, 0.2) is 42.5 Å². The van der Waals surface area contributed by atoms with Gasteiger partial charge in [-0.2, -0.15) is 5.26 Å². The zero-order chi connectivity index (χ0) is 16.1. The number of benzene rings is 2. The van der Waals surface area contributed by atoms with Crippen molar-refractivity contribution < 1.29 is 13.9 Å². The fourth-order valence-electron chi connectivity index (χ4n) is 1.88. The minimum absolute atomic E-state index is 0.106. The van der Waals surface area contributed by atoms with Gasteiger partial charge in [-0.05, 0) is 43.7 Å². The summed E-state index contributed by atoms with van der Waals surface area (Å²) in [7, 11) is 0. The normalized spacial score (nSPS) is 11.4. The molecule has 0 aliphatic rings. The number of amides is 1. The second-order valence-corrected chi connectivity index (χ2v) is 4.84. The summed E-state index contributed by atoms with van der Waals surface area (Å²) in [6, 6.07) is 13.1. The molecule has 0 aliphatic carbocycles. The van der Waals surface area contributed by atoms with Crippen molar-refractivity contribution in [3.05, 3.63) is 59.4 Å². The van der Waals surface area contributed by atoms with E-state index in [4.69, 9.17) is 10.00 Å². The lowest BCUT2D eigenvalue weighted by Gasteiger charge is -2.16. The number of hydrogen-bond donors (Lipinski definition) is 1. The molecule has 0 aliphatic heterocycles. The molecule has 1 unspecified atom stereocenters. The van der Waals surface area contributed by atoms with Crippen LogP contribution in [0.4, 0.5) is 10.1 Å². The van der Waals surface area contributed by atoms with Crippen LogP contribution >= 0.6 is 0 Å². The third kappa shape index (κ3) is 3.61. The molecule has 0 bridgehead atoms. The Balaban J connectivity index is 2.10. The molecule has 0 heterocycles. The highest BCUT2D eigenvalue weighted by molar-refractivity contribution is 5.94. The van der Waals surface area contributed by atoms with E-state index in [1.807, 2.05) is 6.07 Å². The van der Waals surface area contributed by atoms with Gasteiger partial charge in [-0.25, -0.2) is 4.39 Å². The van der Waals surface area contributed by atoms with Gasteiger partial charge in [-0.15, -0.1) is 0 Å². The van der Waals surface area contributed by atoms with E-state index in [9.17, 15) is 9.18 Å². The summed E-state index contributed by atoms with van der Waals surface area (Å²) in [4.78, 5) is 12.1. The quantitative estimate of drug-likeness (QED) is 0.940. The van der Waals surface area contributed by atoms with Crippen molar-refractivity contribution in [3.8, 4) is 11.8 Å². The molecule has 22 heavy (non-hydrogen) atoms. The number of halogens is 1. The van der Waals surface area contributed by atoms with Crippen LogP contribution in [0.1, 0.15) is 18.1 Å². The van der Waals surface area contributed by atoms with Crippen LogP contribution < -0.4 is 10.1 Å². The Hall–Kier alpha value is -2.87. The highest BCUT2D eigenvalue weighted by Gasteiger charge is 2.17. The van der Waals surface area contributed by atoms with Crippen molar-refractivity contribution in [1.29, 1.82) is 5.26 Å². The van der Waals surface area contributed by atoms with Crippen molar-refractivity contribution in [2.45, 2.75) is 20.0 Å². The maximum atomic E-state index is 13.6. The number of hydrogen-bond acceptors (Lipinski definition) is 3. The predicted molar refractivity (Wildman–Crippen MR) is 81.0 cm³/mol. The monoisotopic (exact) mass is 298 g/mol. The molecular weight excluding hydrogens is 283 g/mol. The SMILES string of the molecule is Cc1ccc(F)c(NC(=O)C(C)Oc2ccccc2C#N)c1. The fraction of sp³-hybridized carbons (Fsp3) is 0.176. The van der Waals surface area contributed by atoms with E-state index in [1.54, 1.807) is 43.3 Å². The molecule has 1 atom stereocenters. The lowest BCUT2D eigenvalue weighted by molar-refractivity contribution is -0.122. The third-order valence-electron chi connectivity index (χ3n) is 3.06. The Morgan fingerprint density at radius 2 is 2.05 bits per heavy atom. The first kappa shape index (κ1) is 15.5. The van der Waals surface area contributed by atoms with Crippen molar-refractivity contribution in [2.24, 2.45) is 0 Å². The summed E-state index contributed by atoms with van der Waals surface area (Å²) < 4.78 is 19.1. The summed E-state index contributed by atoms with van der Waals surface area (Å²) in [5.41, 5.74) is 1.28. The minimum atomic E-state index is -0.866. The molecule has 0 fully saturated rings. The van der Waals surface area contributed by atoms with E-state index in [1.165, 1.54) is 13.0 Å². The molecule has 4 nitrogen and oxygen atoms in total. The largest absolute Gasteiger partial charge is 0.480 e. The standard InChI is InChI=1S/C17H15FN2O2/c1-11-7-8-14(18)15(9-11)20-17(21)12(2)22-16-6-4-3-5-13(16)10-19/h3-9,12H,1-2H3,(H,20,21). The van der Waals surface area contributed by atoms with Crippen LogP contribution in [0.3, 0.4) is 0 Å². The summed E-state index contributed by atoms with van der Waals surface area (Å²) in [5, 5.41) is 11.5. The van der Waals surface area contributed by atoms with Gasteiger partial charge in [0.2, 0.25) is 0 Å². The molecular formula is C17H15FN2O2. The van der Waals surface area contributed by atoms with Gasteiger partial charge in [0, 0.05) is 0 Å². The molecule has 0 aromatic heterocycles. The number of nitriles is 1. The Morgan fingerprint density at radius 3 is 2.77 bits per heavy atom. The average molecular weight is 298 g/mol. The molecule has 2 aromatic carbocycles. The van der Waals surface area contributed by atoms with E-state index in [0.29, 0.717) is 11.3 Å². The molecule has 0 saturated heterocycles. The van der Waals surface area contributed by atoms with Gasteiger partial charge in [-0.1, -0.05) is 18.2 Å². The van der Waals surface area contributed by atoms with Gasteiger partial charge in [0.1, 0.15) is 17.6 Å². The predicted octanol–water partition coefficient (Wildman–Crippen LogP) is 3.41. The zero-order valence-corrected chi connectivity index (χ0v) is 12.3. The summed E-state index contributed by atoms with van der Waals surface area (Å²) >= 11 is 0. The number of para-hydroxylation sites is 1. The zero-order valence-electron chi connectivity index (χ0n) is 12.3. The van der Waals surface area contributed by atoms with Crippen LogP contribution in [0.5, 0.6) is 5.75 Å². The minimum Gasteiger partial charge on any atom is -0.480 e. The lowest BCUT2D eigenvalue weighted by atomic mass is 10.2. The van der Waals surface area contributed by atoms with Gasteiger partial charge in [0.05, 0.1) is 11.3 Å². The number of nitrogens with one attached hydrogen (secondary N) is 1. The maximum absolute atomic E-state index is 13.6. The molecule has 0 radical (unpaired) electrons. The fourth-order valence-corrected chi connectivity index (χ4v) is 1.88. The van der Waals surface area contributed by atoms with E-state index in [0.717, 1.165) is 5.56 Å². The second kappa shape index (κ2) is 6.72. The average Bonchev–Trinajstić information content (AvgIpc) is 2.51. The summed E-state index contributed by atoms with van der Waals surface area (Å²) in [6.45, 7) is 3.34.